The van der Waals surface area contributed by atoms with E-state index < -0.39 is 22.9 Å². The molecule has 1 aliphatic heterocycles. The van der Waals surface area contributed by atoms with Gasteiger partial charge in [-0.3, -0.25) is 19.1 Å². The number of nitrogens with zero attached hydrogens (tertiary/aromatic N) is 2. The molecular formula is C17H26N4O5. The molecule has 1 fully saturated rings. The zero-order valence-electron chi connectivity index (χ0n) is 15.4. The van der Waals surface area contributed by atoms with Gasteiger partial charge in [-0.2, -0.15) is 0 Å². The van der Waals surface area contributed by atoms with Crippen LogP contribution in [0.25, 0.3) is 0 Å². The van der Waals surface area contributed by atoms with Crippen molar-refractivity contribution in [3.05, 3.63) is 33.1 Å². The third kappa shape index (κ3) is 5.75. The van der Waals surface area contributed by atoms with Gasteiger partial charge in [-0.25, -0.2) is 9.59 Å². The second-order valence-electron chi connectivity index (χ2n) is 7.36. The van der Waals surface area contributed by atoms with Crippen LogP contribution >= 0.6 is 0 Å². The van der Waals surface area contributed by atoms with Gasteiger partial charge in [0, 0.05) is 31.4 Å². The highest BCUT2D eigenvalue weighted by Gasteiger charge is 2.28. The predicted octanol–water partition coefficient (Wildman–Crippen LogP) is 0.442. The summed E-state index contributed by atoms with van der Waals surface area (Å²) in [4.78, 5) is 51.1. The minimum atomic E-state index is -0.619. The van der Waals surface area contributed by atoms with E-state index in [0.717, 1.165) is 23.8 Å². The van der Waals surface area contributed by atoms with Crippen molar-refractivity contribution in [3.8, 4) is 0 Å². The summed E-state index contributed by atoms with van der Waals surface area (Å²) in [6, 6.07) is 1.05. The lowest BCUT2D eigenvalue weighted by atomic mass is 10.0. The lowest BCUT2D eigenvalue weighted by molar-refractivity contribution is -0.135. The monoisotopic (exact) mass is 366 g/mol. The van der Waals surface area contributed by atoms with Gasteiger partial charge in [0.1, 0.15) is 12.1 Å². The summed E-state index contributed by atoms with van der Waals surface area (Å²) < 4.78 is 6.38. The molecule has 0 saturated carbocycles. The molecule has 1 aromatic rings. The van der Waals surface area contributed by atoms with Crippen molar-refractivity contribution in [2.75, 3.05) is 13.1 Å². The van der Waals surface area contributed by atoms with Crippen LogP contribution in [0.4, 0.5) is 4.79 Å². The summed E-state index contributed by atoms with van der Waals surface area (Å²) >= 11 is 0. The summed E-state index contributed by atoms with van der Waals surface area (Å²) in [5, 5.41) is 2.71. The number of nitrogens with one attached hydrogen (secondary N) is 2. The Morgan fingerprint density at radius 2 is 2.04 bits per heavy atom. The number of hydrogen-bond acceptors (Lipinski definition) is 5. The Hall–Kier alpha value is -2.58. The van der Waals surface area contributed by atoms with E-state index in [1.165, 1.54) is 12.3 Å². The van der Waals surface area contributed by atoms with E-state index in [9.17, 15) is 19.2 Å². The van der Waals surface area contributed by atoms with Gasteiger partial charge in [-0.15, -0.1) is 0 Å². The number of likely N-dealkylation sites (tertiary alicyclic amines) is 1. The molecule has 9 heteroatoms. The van der Waals surface area contributed by atoms with E-state index in [-0.39, 0.29) is 18.5 Å². The molecule has 0 spiro atoms. The predicted molar refractivity (Wildman–Crippen MR) is 94.9 cm³/mol. The first-order valence-corrected chi connectivity index (χ1v) is 8.72. The molecule has 1 atom stereocenters. The smallest absolute Gasteiger partial charge is 0.407 e. The van der Waals surface area contributed by atoms with E-state index in [0.29, 0.717) is 13.1 Å². The fourth-order valence-electron chi connectivity index (χ4n) is 2.86. The number of ether oxygens (including phenoxy) is 1. The molecule has 9 nitrogen and oxygen atoms in total. The van der Waals surface area contributed by atoms with Crippen molar-refractivity contribution in [2.45, 2.75) is 58.2 Å². The molecule has 0 bridgehead atoms. The zero-order valence-corrected chi connectivity index (χ0v) is 15.4. The summed E-state index contributed by atoms with van der Waals surface area (Å²) in [5.41, 5.74) is -1.71. The maximum Gasteiger partial charge on any atom is 0.407 e. The van der Waals surface area contributed by atoms with E-state index in [1.807, 2.05) is 0 Å². The van der Waals surface area contributed by atoms with Gasteiger partial charge in [-0.1, -0.05) is 0 Å². The number of piperidine rings is 1. The van der Waals surface area contributed by atoms with Crippen LogP contribution in [-0.4, -0.2) is 51.2 Å². The first-order valence-electron chi connectivity index (χ1n) is 8.72. The minimum Gasteiger partial charge on any atom is -0.444 e. The molecule has 2 N–H and O–H groups in total. The normalized spacial score (nSPS) is 17.7. The first-order chi connectivity index (χ1) is 12.2. The van der Waals surface area contributed by atoms with Crippen molar-refractivity contribution in [1.82, 2.24) is 19.8 Å². The van der Waals surface area contributed by atoms with Gasteiger partial charge in [-0.05, 0) is 40.0 Å². The Bertz CT molecular complexity index is 761. The van der Waals surface area contributed by atoms with Gasteiger partial charge < -0.3 is 15.0 Å². The highest BCUT2D eigenvalue weighted by Crippen LogP contribution is 2.17. The van der Waals surface area contributed by atoms with Gasteiger partial charge in [0.25, 0.3) is 5.56 Å². The van der Waals surface area contributed by atoms with E-state index in [1.54, 1.807) is 25.7 Å². The average Bonchev–Trinajstić information content (AvgIpc) is 2.54. The Morgan fingerprint density at radius 1 is 1.31 bits per heavy atom. The van der Waals surface area contributed by atoms with E-state index in [2.05, 4.69) is 10.3 Å². The zero-order chi connectivity index (χ0) is 19.3. The molecule has 26 heavy (non-hydrogen) atoms. The molecule has 0 radical (unpaired) electrons. The highest BCUT2D eigenvalue weighted by atomic mass is 16.6. The second kappa shape index (κ2) is 8.20. The van der Waals surface area contributed by atoms with Crippen LogP contribution in [0.1, 0.15) is 40.0 Å². The van der Waals surface area contributed by atoms with Gasteiger partial charge in [0.2, 0.25) is 5.91 Å². The Morgan fingerprint density at radius 3 is 2.69 bits per heavy atom. The third-order valence-corrected chi connectivity index (χ3v) is 4.03. The summed E-state index contributed by atoms with van der Waals surface area (Å²) in [6.07, 6.45) is 3.38. The van der Waals surface area contributed by atoms with Crippen LogP contribution in [0.3, 0.4) is 0 Å². The standard InChI is InChI=1S/C17H26N4O5/c1-17(2,3)26-16(25)18-10-12-6-4-5-8-21(12)14(23)11-20-9-7-13(22)19-15(20)24/h7,9,12H,4-6,8,10-11H2,1-3H3,(H,18,25)(H,19,22,24). The number of H-pyrrole nitrogens is 1. The van der Waals surface area contributed by atoms with Crippen molar-refractivity contribution >= 4 is 12.0 Å². The Kier molecular flexibility index (Phi) is 6.23. The van der Waals surface area contributed by atoms with Gasteiger partial charge in [0.15, 0.2) is 0 Å². The number of alkyl carbamates (subject to hydrolysis) is 1. The average molecular weight is 366 g/mol. The number of amides is 2. The minimum absolute atomic E-state index is 0.151. The van der Waals surface area contributed by atoms with Crippen LogP contribution in [-0.2, 0) is 16.1 Å². The molecule has 1 aromatic heterocycles. The number of aromatic amines is 1. The summed E-state index contributed by atoms with van der Waals surface area (Å²) in [7, 11) is 0. The molecule has 2 rings (SSSR count). The number of aromatic nitrogens is 2. The van der Waals surface area contributed by atoms with Crippen LogP contribution in [0.15, 0.2) is 21.9 Å². The maximum absolute atomic E-state index is 12.6. The molecule has 0 aromatic carbocycles. The topological polar surface area (TPSA) is 114 Å². The molecule has 2 heterocycles. The fourth-order valence-corrected chi connectivity index (χ4v) is 2.86. The molecule has 1 saturated heterocycles. The Balaban J connectivity index is 1.98. The SMILES string of the molecule is CC(C)(C)OC(=O)NCC1CCCCN1C(=O)Cn1ccc(=O)[nH]c1=O. The highest BCUT2D eigenvalue weighted by molar-refractivity contribution is 5.76. The van der Waals surface area contributed by atoms with Gasteiger partial charge >= 0.3 is 11.8 Å². The van der Waals surface area contributed by atoms with Crippen molar-refractivity contribution < 1.29 is 14.3 Å². The second-order valence-corrected chi connectivity index (χ2v) is 7.36. The maximum atomic E-state index is 12.6. The molecule has 2 amide bonds. The molecule has 144 valence electrons. The molecule has 1 aliphatic rings. The summed E-state index contributed by atoms with van der Waals surface area (Å²) in [5.74, 6) is -0.227. The number of carbonyl (C=O) groups excluding carboxylic acids is 2. The number of hydrogen-bond donors (Lipinski definition) is 2. The van der Waals surface area contributed by atoms with Crippen molar-refractivity contribution in [1.29, 1.82) is 0 Å². The van der Waals surface area contributed by atoms with Gasteiger partial charge in [0.05, 0.1) is 0 Å². The van der Waals surface area contributed by atoms with Crippen LogP contribution in [0.2, 0.25) is 0 Å². The fraction of sp³-hybridized carbons (Fsp3) is 0.647. The molecular weight excluding hydrogens is 340 g/mol. The summed E-state index contributed by atoms with van der Waals surface area (Å²) in [6.45, 7) is 6.05. The van der Waals surface area contributed by atoms with Crippen LogP contribution in [0, 0.1) is 0 Å². The Labute approximate surface area is 151 Å². The van der Waals surface area contributed by atoms with Crippen LogP contribution in [0.5, 0.6) is 0 Å². The molecule has 0 aliphatic carbocycles. The number of rotatable bonds is 4. The third-order valence-electron chi connectivity index (χ3n) is 4.03. The lowest BCUT2D eigenvalue weighted by Crippen LogP contribution is -2.51. The van der Waals surface area contributed by atoms with E-state index in [4.69, 9.17) is 4.74 Å². The largest absolute Gasteiger partial charge is 0.444 e. The van der Waals surface area contributed by atoms with Crippen molar-refractivity contribution in [3.63, 3.8) is 0 Å². The lowest BCUT2D eigenvalue weighted by Gasteiger charge is -2.36. The van der Waals surface area contributed by atoms with Crippen molar-refractivity contribution in [2.24, 2.45) is 0 Å². The quantitative estimate of drug-likeness (QED) is 0.803. The number of carbonyl (C=O) groups is 2. The van der Waals surface area contributed by atoms with Crippen LogP contribution < -0.4 is 16.6 Å². The first kappa shape index (κ1) is 19.7. The molecule has 1 unspecified atom stereocenters. The van der Waals surface area contributed by atoms with E-state index >= 15 is 0 Å².